The van der Waals surface area contributed by atoms with E-state index in [1.54, 1.807) is 12.1 Å². The number of aliphatic carboxylic acids is 1. The number of phenols is 1. The van der Waals surface area contributed by atoms with E-state index in [0.717, 1.165) is 0 Å². The molecule has 1 aliphatic heterocycles. The van der Waals surface area contributed by atoms with Gasteiger partial charge in [-0.15, -0.1) is 0 Å². The van der Waals surface area contributed by atoms with Crippen LogP contribution in [-0.4, -0.2) is 52.0 Å². The lowest BCUT2D eigenvalue weighted by Gasteiger charge is -2.24. The highest BCUT2D eigenvalue weighted by Crippen LogP contribution is 2.24. The SMILES string of the molecule is O=C(O)CNC(=O)C1CCCN1C(=O)c1ccccc1O. The number of likely N-dealkylation sites (tertiary alicyclic amines) is 1. The Bertz CT molecular complexity index is 572. The molecule has 0 aliphatic carbocycles. The van der Waals surface area contributed by atoms with Crippen LogP contribution in [0.25, 0.3) is 0 Å². The molecule has 3 N–H and O–H groups in total. The van der Waals surface area contributed by atoms with Crippen molar-refractivity contribution in [3.8, 4) is 5.75 Å². The molecule has 2 rings (SSSR count). The van der Waals surface area contributed by atoms with Gasteiger partial charge < -0.3 is 20.4 Å². The molecule has 1 heterocycles. The molecule has 112 valence electrons. The summed E-state index contributed by atoms with van der Waals surface area (Å²) in [4.78, 5) is 36.2. The Morgan fingerprint density at radius 1 is 1.29 bits per heavy atom. The molecule has 1 atom stereocenters. The van der Waals surface area contributed by atoms with Gasteiger partial charge in [-0.3, -0.25) is 14.4 Å². The first-order valence-corrected chi connectivity index (χ1v) is 6.59. The third-order valence-corrected chi connectivity index (χ3v) is 3.36. The van der Waals surface area contributed by atoms with Crippen molar-refractivity contribution in [1.82, 2.24) is 10.2 Å². The van der Waals surface area contributed by atoms with Crippen molar-refractivity contribution < 1.29 is 24.6 Å². The lowest BCUT2D eigenvalue weighted by molar-refractivity contribution is -0.138. The highest BCUT2D eigenvalue weighted by atomic mass is 16.4. The quantitative estimate of drug-likeness (QED) is 0.734. The minimum absolute atomic E-state index is 0.135. The first-order valence-electron chi connectivity index (χ1n) is 6.59. The van der Waals surface area contributed by atoms with Crippen molar-refractivity contribution in [2.75, 3.05) is 13.1 Å². The Balaban J connectivity index is 2.11. The van der Waals surface area contributed by atoms with Gasteiger partial charge in [-0.25, -0.2) is 0 Å². The molecule has 0 bridgehead atoms. The van der Waals surface area contributed by atoms with Crippen molar-refractivity contribution in [2.45, 2.75) is 18.9 Å². The molecular formula is C14H16N2O5. The average Bonchev–Trinajstić information content (AvgIpc) is 2.94. The van der Waals surface area contributed by atoms with Gasteiger partial charge in [0.15, 0.2) is 0 Å². The number of amides is 2. The minimum Gasteiger partial charge on any atom is -0.507 e. The number of benzene rings is 1. The lowest BCUT2D eigenvalue weighted by Crippen LogP contribution is -2.47. The van der Waals surface area contributed by atoms with Crippen LogP contribution in [0.2, 0.25) is 0 Å². The van der Waals surface area contributed by atoms with Crippen LogP contribution in [0.3, 0.4) is 0 Å². The summed E-state index contributed by atoms with van der Waals surface area (Å²) in [6, 6.07) is 5.43. The van der Waals surface area contributed by atoms with Gasteiger partial charge in [0.05, 0.1) is 5.56 Å². The number of carbonyl (C=O) groups is 3. The van der Waals surface area contributed by atoms with Crippen LogP contribution in [0, 0.1) is 0 Å². The number of rotatable bonds is 4. The van der Waals surface area contributed by atoms with Crippen molar-refractivity contribution >= 4 is 17.8 Å². The number of nitrogens with zero attached hydrogens (tertiary/aromatic N) is 1. The number of hydrogen-bond donors (Lipinski definition) is 3. The molecule has 1 unspecified atom stereocenters. The van der Waals surface area contributed by atoms with E-state index in [1.165, 1.54) is 17.0 Å². The average molecular weight is 292 g/mol. The Labute approximate surface area is 121 Å². The fourth-order valence-corrected chi connectivity index (χ4v) is 2.37. The zero-order chi connectivity index (χ0) is 15.4. The molecule has 1 fully saturated rings. The number of carbonyl (C=O) groups excluding carboxylic acids is 2. The zero-order valence-electron chi connectivity index (χ0n) is 11.3. The summed E-state index contributed by atoms with van der Waals surface area (Å²) in [5, 5.41) is 20.6. The predicted octanol–water partition coefficient (Wildman–Crippen LogP) is 0.198. The van der Waals surface area contributed by atoms with E-state index in [9.17, 15) is 19.5 Å². The standard InChI is InChI=1S/C14H16N2O5/c17-11-6-2-1-4-9(11)14(21)16-7-3-5-10(16)13(20)15-8-12(18)19/h1-2,4,6,10,17H,3,5,7-8H2,(H,15,20)(H,18,19). The zero-order valence-corrected chi connectivity index (χ0v) is 11.3. The van der Waals surface area contributed by atoms with Gasteiger partial charge in [0.25, 0.3) is 5.91 Å². The summed E-state index contributed by atoms with van der Waals surface area (Å²) in [7, 11) is 0. The molecule has 21 heavy (non-hydrogen) atoms. The fourth-order valence-electron chi connectivity index (χ4n) is 2.37. The van der Waals surface area contributed by atoms with Gasteiger partial charge in [0.1, 0.15) is 18.3 Å². The second kappa shape index (κ2) is 6.25. The number of para-hydroxylation sites is 1. The molecule has 1 saturated heterocycles. The van der Waals surface area contributed by atoms with Gasteiger partial charge in [0.2, 0.25) is 5.91 Å². The second-order valence-corrected chi connectivity index (χ2v) is 4.79. The topological polar surface area (TPSA) is 107 Å². The first kappa shape index (κ1) is 14.8. The lowest BCUT2D eigenvalue weighted by atomic mass is 10.1. The third kappa shape index (κ3) is 3.31. The number of nitrogens with one attached hydrogen (secondary N) is 1. The number of carboxylic acid groups (broad SMARTS) is 1. The third-order valence-electron chi connectivity index (χ3n) is 3.36. The molecule has 1 aliphatic rings. The summed E-state index contributed by atoms with van der Waals surface area (Å²) in [6.07, 6.45) is 1.13. The molecule has 7 heteroatoms. The Hall–Kier alpha value is -2.57. The molecule has 1 aromatic carbocycles. The summed E-state index contributed by atoms with van der Waals surface area (Å²) in [5.74, 6) is -2.20. The van der Waals surface area contributed by atoms with E-state index < -0.39 is 30.4 Å². The molecular weight excluding hydrogens is 276 g/mol. The highest BCUT2D eigenvalue weighted by Gasteiger charge is 2.35. The van der Waals surface area contributed by atoms with Gasteiger partial charge in [-0.05, 0) is 25.0 Å². The normalized spacial score (nSPS) is 17.5. The molecule has 7 nitrogen and oxygen atoms in total. The second-order valence-electron chi connectivity index (χ2n) is 4.79. The highest BCUT2D eigenvalue weighted by molar-refractivity contribution is 6.00. The van der Waals surface area contributed by atoms with E-state index in [1.807, 2.05) is 0 Å². The van der Waals surface area contributed by atoms with Crippen LogP contribution in [-0.2, 0) is 9.59 Å². The Kier molecular flexibility index (Phi) is 4.42. The smallest absolute Gasteiger partial charge is 0.322 e. The number of phenolic OH excluding ortho intramolecular Hbond substituents is 1. The van der Waals surface area contributed by atoms with Crippen LogP contribution in [0.4, 0.5) is 0 Å². The number of carboxylic acids is 1. The van der Waals surface area contributed by atoms with E-state index in [2.05, 4.69) is 5.32 Å². The predicted molar refractivity (Wildman–Crippen MR) is 72.8 cm³/mol. The van der Waals surface area contributed by atoms with Crippen LogP contribution >= 0.6 is 0 Å². The molecule has 2 amide bonds. The summed E-state index contributed by atoms with van der Waals surface area (Å²) in [6.45, 7) is -0.0771. The summed E-state index contributed by atoms with van der Waals surface area (Å²) >= 11 is 0. The largest absolute Gasteiger partial charge is 0.507 e. The molecule has 1 aromatic rings. The van der Waals surface area contributed by atoms with Crippen LogP contribution < -0.4 is 5.32 Å². The maximum absolute atomic E-state index is 12.4. The molecule has 0 spiro atoms. The van der Waals surface area contributed by atoms with Gasteiger partial charge >= 0.3 is 5.97 Å². The minimum atomic E-state index is -1.14. The first-order chi connectivity index (χ1) is 10.0. The van der Waals surface area contributed by atoms with Crippen LogP contribution in [0.1, 0.15) is 23.2 Å². The van der Waals surface area contributed by atoms with Gasteiger partial charge in [-0.1, -0.05) is 12.1 Å². The van der Waals surface area contributed by atoms with Crippen LogP contribution in [0.5, 0.6) is 5.75 Å². The maximum atomic E-state index is 12.4. The monoisotopic (exact) mass is 292 g/mol. The van der Waals surface area contributed by atoms with E-state index >= 15 is 0 Å². The van der Waals surface area contributed by atoms with E-state index in [4.69, 9.17) is 5.11 Å². The van der Waals surface area contributed by atoms with Gasteiger partial charge in [0, 0.05) is 6.54 Å². The van der Waals surface area contributed by atoms with Crippen LogP contribution in [0.15, 0.2) is 24.3 Å². The molecule has 0 radical (unpaired) electrons. The Morgan fingerprint density at radius 2 is 2.00 bits per heavy atom. The van der Waals surface area contributed by atoms with E-state index in [-0.39, 0.29) is 11.3 Å². The van der Waals surface area contributed by atoms with E-state index in [0.29, 0.717) is 19.4 Å². The summed E-state index contributed by atoms with van der Waals surface area (Å²) < 4.78 is 0. The fraction of sp³-hybridized carbons (Fsp3) is 0.357. The molecule has 0 aromatic heterocycles. The van der Waals surface area contributed by atoms with Crippen molar-refractivity contribution in [1.29, 1.82) is 0 Å². The van der Waals surface area contributed by atoms with Crippen molar-refractivity contribution in [3.05, 3.63) is 29.8 Å². The van der Waals surface area contributed by atoms with Crippen molar-refractivity contribution in [3.63, 3.8) is 0 Å². The summed E-state index contributed by atoms with van der Waals surface area (Å²) in [5.41, 5.74) is 0.135. The molecule has 0 saturated carbocycles. The number of aromatic hydroxyl groups is 1. The van der Waals surface area contributed by atoms with Crippen molar-refractivity contribution in [2.24, 2.45) is 0 Å². The van der Waals surface area contributed by atoms with Gasteiger partial charge in [-0.2, -0.15) is 0 Å². The number of hydrogen-bond acceptors (Lipinski definition) is 4. The maximum Gasteiger partial charge on any atom is 0.322 e. The Morgan fingerprint density at radius 3 is 2.67 bits per heavy atom.